The van der Waals surface area contributed by atoms with E-state index in [0.717, 1.165) is 11.0 Å². The summed E-state index contributed by atoms with van der Waals surface area (Å²) >= 11 is 1.74. The topological polar surface area (TPSA) is 51.6 Å². The maximum Gasteiger partial charge on any atom is 0.198 e. The lowest BCUT2D eigenvalue weighted by atomic mass is 9.93. The molecular formula is C22H21N2S+. The van der Waals surface area contributed by atoms with Crippen LogP contribution in [0.4, 0.5) is 5.69 Å². The molecular weight excluding hydrogens is 324 g/mol. The molecule has 0 saturated carbocycles. The zero-order valence-corrected chi connectivity index (χ0v) is 15.2. The van der Waals surface area contributed by atoms with Crippen LogP contribution in [0.2, 0.25) is 0 Å². The highest BCUT2D eigenvalue weighted by Gasteiger charge is 2.16. The van der Waals surface area contributed by atoms with Crippen LogP contribution in [0.25, 0.3) is 31.7 Å². The van der Waals surface area contributed by atoms with Crippen molar-refractivity contribution < 1.29 is 5.41 Å². The summed E-state index contributed by atoms with van der Waals surface area (Å²) in [4.78, 5) is 1.18. The molecule has 0 aromatic heterocycles. The van der Waals surface area contributed by atoms with Crippen LogP contribution >= 0.6 is 11.3 Å². The molecule has 2 aliphatic rings. The van der Waals surface area contributed by atoms with Crippen LogP contribution in [0.1, 0.15) is 25.3 Å². The Morgan fingerprint density at radius 2 is 1.68 bits per heavy atom. The molecule has 0 amide bonds. The van der Waals surface area contributed by atoms with Gasteiger partial charge in [0.2, 0.25) is 0 Å². The molecule has 2 aromatic carbocycles. The smallest absolute Gasteiger partial charge is 0.198 e. The van der Waals surface area contributed by atoms with Gasteiger partial charge in [0.25, 0.3) is 0 Å². The first kappa shape index (κ1) is 15.9. The Hall–Kier alpha value is -2.65. The second kappa shape index (κ2) is 6.01. The van der Waals surface area contributed by atoms with Crippen LogP contribution in [-0.4, -0.2) is 0 Å². The molecule has 1 aliphatic heterocycles. The molecule has 0 unspecified atom stereocenters. The van der Waals surface area contributed by atoms with Gasteiger partial charge in [-0.05, 0) is 40.8 Å². The van der Waals surface area contributed by atoms with Gasteiger partial charge in [0.15, 0.2) is 5.36 Å². The normalized spacial score (nSPS) is 11.5. The minimum Gasteiger partial charge on any atom is -0.399 e. The molecule has 3 heteroatoms. The molecule has 2 nitrogen and oxygen atoms in total. The van der Waals surface area contributed by atoms with Crippen molar-refractivity contribution in [1.29, 1.82) is 0 Å². The van der Waals surface area contributed by atoms with Gasteiger partial charge in [0.1, 0.15) is 0 Å². The average Bonchev–Trinajstić information content (AvgIpc) is 2.59. The highest BCUT2D eigenvalue weighted by atomic mass is 32.1. The second-order valence-corrected chi connectivity index (χ2v) is 7.85. The Morgan fingerprint density at radius 3 is 2.40 bits per heavy atom. The van der Waals surface area contributed by atoms with E-state index in [4.69, 9.17) is 11.1 Å². The first-order valence-electron chi connectivity index (χ1n) is 8.48. The fraction of sp³-hybridized carbons (Fsp3) is 0.136. The fourth-order valence-corrected chi connectivity index (χ4v) is 4.46. The minimum absolute atomic E-state index is 0.528. The molecule has 0 fully saturated rings. The summed E-state index contributed by atoms with van der Waals surface area (Å²) in [5.41, 5.74) is 11.9. The number of nitrogen functional groups attached to an aromatic ring is 1. The van der Waals surface area contributed by atoms with Gasteiger partial charge in [-0.2, -0.15) is 0 Å². The molecule has 0 saturated heterocycles. The third-order valence-electron chi connectivity index (χ3n) is 4.64. The predicted octanol–water partition coefficient (Wildman–Crippen LogP) is 4.04. The van der Waals surface area contributed by atoms with Gasteiger partial charge in [-0.25, -0.2) is 0 Å². The summed E-state index contributed by atoms with van der Waals surface area (Å²) in [5, 5.41) is 8.04. The van der Waals surface area contributed by atoms with Crippen molar-refractivity contribution in [3.63, 3.8) is 0 Å². The highest BCUT2D eigenvalue weighted by molar-refractivity contribution is 7.21. The maximum absolute atomic E-state index is 6.02. The van der Waals surface area contributed by atoms with Gasteiger partial charge in [-0.15, -0.1) is 11.3 Å². The van der Waals surface area contributed by atoms with E-state index >= 15 is 0 Å². The molecule has 4 rings (SSSR count). The molecule has 0 atom stereocenters. The summed E-state index contributed by atoms with van der Waals surface area (Å²) in [6.45, 7) is 4.44. The Morgan fingerprint density at radius 1 is 0.920 bits per heavy atom. The van der Waals surface area contributed by atoms with E-state index in [1.165, 1.54) is 37.2 Å². The van der Waals surface area contributed by atoms with Gasteiger partial charge in [0.05, 0.1) is 0 Å². The largest absolute Gasteiger partial charge is 0.399 e. The van der Waals surface area contributed by atoms with Gasteiger partial charge in [-0.3, -0.25) is 5.41 Å². The van der Waals surface area contributed by atoms with Crippen molar-refractivity contribution >= 4 is 27.1 Å². The van der Waals surface area contributed by atoms with Crippen LogP contribution in [0.15, 0.2) is 60.7 Å². The van der Waals surface area contributed by atoms with Crippen molar-refractivity contribution in [2.24, 2.45) is 0 Å². The molecule has 4 N–H and O–H groups in total. The van der Waals surface area contributed by atoms with Gasteiger partial charge < -0.3 is 5.73 Å². The molecule has 1 heterocycles. The lowest BCUT2D eigenvalue weighted by Gasteiger charge is -2.16. The zero-order valence-electron chi connectivity index (χ0n) is 14.4. The Kier molecular flexibility index (Phi) is 3.81. The van der Waals surface area contributed by atoms with E-state index in [-0.39, 0.29) is 0 Å². The lowest BCUT2D eigenvalue weighted by Crippen LogP contribution is -2.44. The number of fused-ring (bicyclic) bond motifs is 2. The Balaban J connectivity index is 2.07. The summed E-state index contributed by atoms with van der Waals surface area (Å²) in [5.74, 6) is 0.528. The Labute approximate surface area is 151 Å². The standard InChI is InChI=1S/C22H20N2S/c1-13(2)14-3-5-15(6-4-14)22-18-9-7-16(23)11-20(18)25-21-12-17(24)8-10-19(21)22/h3-13,23H,24H2,1-2H3/p+1. The first-order chi connectivity index (χ1) is 12.0. The lowest BCUT2D eigenvalue weighted by molar-refractivity contribution is -0.172. The monoisotopic (exact) mass is 345 g/mol. The third kappa shape index (κ3) is 2.81. The van der Waals surface area contributed by atoms with E-state index < -0.39 is 0 Å². The van der Waals surface area contributed by atoms with E-state index in [9.17, 15) is 0 Å². The molecule has 0 bridgehead atoms. The average molecular weight is 345 g/mol. The number of hydrogen-bond acceptors (Lipinski definition) is 2. The first-order valence-corrected chi connectivity index (χ1v) is 9.29. The molecule has 2 aromatic rings. The Bertz CT molecular complexity index is 1090. The number of anilines is 1. The summed E-state index contributed by atoms with van der Waals surface area (Å²) in [6.07, 6.45) is 0. The van der Waals surface area contributed by atoms with E-state index in [2.05, 4.69) is 62.4 Å². The van der Waals surface area contributed by atoms with Crippen molar-refractivity contribution in [1.82, 2.24) is 0 Å². The van der Waals surface area contributed by atoms with Crippen LogP contribution in [0, 0.1) is 0 Å². The second-order valence-electron chi connectivity index (χ2n) is 6.76. The number of rotatable bonds is 2. The van der Waals surface area contributed by atoms with Gasteiger partial charge in [0, 0.05) is 38.3 Å². The molecule has 1 aliphatic carbocycles. The van der Waals surface area contributed by atoms with Crippen LogP contribution in [-0.2, 0) is 0 Å². The maximum atomic E-state index is 6.02. The van der Waals surface area contributed by atoms with Crippen LogP contribution < -0.4 is 16.5 Å². The minimum atomic E-state index is 0.528. The van der Waals surface area contributed by atoms with Gasteiger partial charge in [-0.1, -0.05) is 44.2 Å². The van der Waals surface area contributed by atoms with Crippen LogP contribution in [0.5, 0.6) is 0 Å². The van der Waals surface area contributed by atoms with Crippen molar-refractivity contribution in [3.8, 4) is 21.6 Å². The van der Waals surface area contributed by atoms with Crippen molar-refractivity contribution in [2.45, 2.75) is 19.8 Å². The predicted molar refractivity (Wildman–Crippen MR) is 107 cm³/mol. The van der Waals surface area contributed by atoms with E-state index in [1.54, 1.807) is 11.3 Å². The van der Waals surface area contributed by atoms with Crippen LogP contribution in [0.3, 0.4) is 0 Å². The van der Waals surface area contributed by atoms with Gasteiger partial charge >= 0.3 is 0 Å². The quantitative estimate of drug-likeness (QED) is 0.418. The SMILES string of the molecule is CC(C)c1ccc(-c2c3ccc(=[NH2+])cc-3sc3cc(N)ccc23)cc1. The molecule has 124 valence electrons. The number of nitrogens with two attached hydrogens (primary N) is 2. The molecule has 25 heavy (non-hydrogen) atoms. The number of hydrogen-bond donors (Lipinski definition) is 2. The zero-order chi connectivity index (χ0) is 17.6. The summed E-state index contributed by atoms with van der Waals surface area (Å²) in [7, 11) is 0. The van der Waals surface area contributed by atoms with E-state index in [1.807, 2.05) is 12.1 Å². The summed E-state index contributed by atoms with van der Waals surface area (Å²) < 4.78 is 1.18. The fourth-order valence-electron chi connectivity index (χ4n) is 3.27. The highest BCUT2D eigenvalue weighted by Crippen LogP contribution is 2.43. The van der Waals surface area contributed by atoms with Crippen molar-refractivity contribution in [3.05, 3.63) is 71.6 Å². The molecule has 0 spiro atoms. The molecule has 0 radical (unpaired) electrons. The van der Waals surface area contributed by atoms with E-state index in [0.29, 0.717) is 5.92 Å². The van der Waals surface area contributed by atoms with Crippen molar-refractivity contribution in [2.75, 3.05) is 5.73 Å². The number of benzene rings is 3. The summed E-state index contributed by atoms with van der Waals surface area (Å²) in [6, 6.07) is 21.2. The third-order valence-corrected chi connectivity index (χ3v) is 5.75.